The molecule has 0 unspecified atom stereocenters. The first-order valence-corrected chi connectivity index (χ1v) is 12.4. The van der Waals surface area contributed by atoms with E-state index >= 15 is 0 Å². The molecule has 2 saturated heterocycles. The Morgan fingerprint density at radius 1 is 1.09 bits per heavy atom. The molecule has 7 heteroatoms. The molecular formula is C25H25ClN2O2S2. The Balaban J connectivity index is 1.27. The Morgan fingerprint density at radius 3 is 2.50 bits per heavy atom. The maximum absolute atomic E-state index is 12.8. The van der Waals surface area contributed by atoms with Crippen LogP contribution in [-0.4, -0.2) is 45.6 Å². The van der Waals surface area contributed by atoms with E-state index in [2.05, 4.69) is 24.3 Å². The maximum atomic E-state index is 12.8. The van der Waals surface area contributed by atoms with Gasteiger partial charge < -0.3 is 4.90 Å². The zero-order valence-corrected chi connectivity index (χ0v) is 20.1. The summed E-state index contributed by atoms with van der Waals surface area (Å²) in [6, 6.07) is 17.9. The summed E-state index contributed by atoms with van der Waals surface area (Å²) in [4.78, 5) is 29.6. The van der Waals surface area contributed by atoms with Crippen LogP contribution in [0.4, 0.5) is 0 Å². The lowest BCUT2D eigenvalue weighted by atomic mass is 9.90. The molecule has 2 aromatic rings. The van der Waals surface area contributed by atoms with Gasteiger partial charge in [-0.2, -0.15) is 0 Å². The van der Waals surface area contributed by atoms with E-state index in [1.165, 1.54) is 22.2 Å². The predicted molar refractivity (Wildman–Crippen MR) is 135 cm³/mol. The minimum absolute atomic E-state index is 0.0901. The Morgan fingerprint density at radius 2 is 1.78 bits per heavy atom. The van der Waals surface area contributed by atoms with Crippen molar-refractivity contribution in [2.75, 3.05) is 19.6 Å². The first kappa shape index (κ1) is 23.0. The average Bonchev–Trinajstić information content (AvgIpc) is 3.07. The van der Waals surface area contributed by atoms with Gasteiger partial charge in [-0.1, -0.05) is 84.1 Å². The second kappa shape index (κ2) is 10.6. The fourth-order valence-corrected chi connectivity index (χ4v) is 5.62. The number of benzene rings is 2. The fourth-order valence-electron chi connectivity index (χ4n) is 4.13. The van der Waals surface area contributed by atoms with E-state index in [-0.39, 0.29) is 18.2 Å². The molecular weight excluding hydrogens is 460 g/mol. The van der Waals surface area contributed by atoms with Gasteiger partial charge in [-0.05, 0) is 48.4 Å². The third-order valence-corrected chi connectivity index (χ3v) is 7.67. The van der Waals surface area contributed by atoms with E-state index in [4.69, 9.17) is 23.8 Å². The molecule has 2 fully saturated rings. The van der Waals surface area contributed by atoms with Gasteiger partial charge in [0.2, 0.25) is 5.91 Å². The van der Waals surface area contributed by atoms with Crippen molar-refractivity contribution in [3.05, 3.63) is 75.7 Å². The summed E-state index contributed by atoms with van der Waals surface area (Å²) in [5.74, 6) is 0.546. The van der Waals surface area contributed by atoms with Crippen LogP contribution in [0.25, 0.3) is 6.08 Å². The molecule has 2 amide bonds. The van der Waals surface area contributed by atoms with Gasteiger partial charge in [-0.15, -0.1) is 0 Å². The molecule has 0 aromatic heterocycles. The fraction of sp³-hybridized carbons (Fsp3) is 0.320. The predicted octanol–water partition coefficient (Wildman–Crippen LogP) is 5.41. The second-order valence-electron chi connectivity index (χ2n) is 8.12. The molecule has 32 heavy (non-hydrogen) atoms. The number of carbonyl (C=O) groups is 2. The quantitative estimate of drug-likeness (QED) is 0.406. The van der Waals surface area contributed by atoms with Gasteiger partial charge in [0.25, 0.3) is 5.91 Å². The standard InChI is InChI=1S/C25H25ClN2O2S2/c26-21-9-5-4-8-20(21)17-22-24(30)28(25(31)32-22)15-12-23(29)27-13-10-19(11-14-27)16-18-6-2-1-3-7-18/h1-9,17,19H,10-16H2/b22-17+. The zero-order valence-electron chi connectivity index (χ0n) is 17.7. The lowest BCUT2D eigenvalue weighted by molar-refractivity contribution is -0.133. The smallest absolute Gasteiger partial charge is 0.266 e. The van der Waals surface area contributed by atoms with Gasteiger partial charge in [0.15, 0.2) is 0 Å². The highest BCUT2D eigenvalue weighted by Crippen LogP contribution is 2.34. The van der Waals surface area contributed by atoms with Gasteiger partial charge in [0.05, 0.1) is 4.91 Å². The molecule has 0 N–H and O–H groups in total. The third-order valence-electron chi connectivity index (χ3n) is 5.95. The number of halogens is 1. The van der Waals surface area contributed by atoms with Crippen LogP contribution in [0.2, 0.25) is 5.02 Å². The van der Waals surface area contributed by atoms with Crippen LogP contribution in [0.1, 0.15) is 30.4 Å². The van der Waals surface area contributed by atoms with Gasteiger partial charge in [-0.3, -0.25) is 14.5 Å². The highest BCUT2D eigenvalue weighted by atomic mass is 35.5. The summed E-state index contributed by atoms with van der Waals surface area (Å²) in [5, 5.41) is 0.587. The largest absolute Gasteiger partial charge is 0.343 e. The highest BCUT2D eigenvalue weighted by Gasteiger charge is 2.33. The van der Waals surface area contributed by atoms with Crippen LogP contribution < -0.4 is 0 Å². The second-order valence-corrected chi connectivity index (χ2v) is 10.2. The minimum atomic E-state index is -0.158. The molecule has 0 radical (unpaired) electrons. The summed E-state index contributed by atoms with van der Waals surface area (Å²) >= 11 is 12.9. The maximum Gasteiger partial charge on any atom is 0.266 e. The van der Waals surface area contributed by atoms with E-state index in [1.807, 2.05) is 29.2 Å². The van der Waals surface area contributed by atoms with Crippen LogP contribution in [0.5, 0.6) is 0 Å². The molecule has 4 rings (SSSR count). The number of hydrogen-bond acceptors (Lipinski definition) is 4. The number of thioether (sulfide) groups is 1. The van der Waals surface area contributed by atoms with Crippen molar-refractivity contribution >= 4 is 57.8 Å². The van der Waals surface area contributed by atoms with Gasteiger partial charge in [0, 0.05) is 31.1 Å². The van der Waals surface area contributed by atoms with Crippen LogP contribution in [-0.2, 0) is 16.0 Å². The lowest BCUT2D eigenvalue weighted by Crippen LogP contribution is -2.41. The van der Waals surface area contributed by atoms with Crippen molar-refractivity contribution in [2.24, 2.45) is 5.92 Å². The Bertz CT molecular complexity index is 1030. The van der Waals surface area contributed by atoms with Crippen molar-refractivity contribution in [3.8, 4) is 0 Å². The van der Waals surface area contributed by atoms with E-state index in [0.717, 1.165) is 37.9 Å². The van der Waals surface area contributed by atoms with Crippen molar-refractivity contribution in [3.63, 3.8) is 0 Å². The summed E-state index contributed by atoms with van der Waals surface area (Å²) in [5.41, 5.74) is 2.14. The van der Waals surface area contributed by atoms with E-state index in [1.54, 1.807) is 12.1 Å². The number of amides is 2. The lowest BCUT2D eigenvalue weighted by Gasteiger charge is -2.32. The van der Waals surface area contributed by atoms with Crippen molar-refractivity contribution in [1.29, 1.82) is 0 Å². The Labute approximate surface area is 203 Å². The van der Waals surface area contributed by atoms with E-state index in [9.17, 15) is 9.59 Å². The number of rotatable bonds is 6. The minimum Gasteiger partial charge on any atom is -0.343 e. The summed E-state index contributed by atoms with van der Waals surface area (Å²) in [7, 11) is 0. The normalized spacial score (nSPS) is 18.6. The molecule has 2 aromatic carbocycles. The molecule has 0 aliphatic carbocycles. The number of piperidine rings is 1. The highest BCUT2D eigenvalue weighted by molar-refractivity contribution is 8.26. The molecule has 2 aliphatic heterocycles. The first-order chi connectivity index (χ1) is 15.5. The molecule has 0 saturated carbocycles. The molecule has 166 valence electrons. The molecule has 0 bridgehead atoms. The van der Waals surface area contributed by atoms with Gasteiger partial charge in [0.1, 0.15) is 4.32 Å². The molecule has 2 heterocycles. The number of thiocarbonyl (C=S) groups is 1. The molecule has 0 spiro atoms. The number of hydrogen-bond donors (Lipinski definition) is 0. The third kappa shape index (κ3) is 5.61. The summed E-state index contributed by atoms with van der Waals surface area (Å²) in [6.45, 7) is 1.87. The van der Waals surface area contributed by atoms with Crippen molar-refractivity contribution in [2.45, 2.75) is 25.7 Å². The van der Waals surface area contributed by atoms with Crippen LogP contribution >= 0.6 is 35.6 Å². The van der Waals surface area contributed by atoms with Crippen LogP contribution in [0.15, 0.2) is 59.5 Å². The van der Waals surface area contributed by atoms with E-state index in [0.29, 0.717) is 26.7 Å². The zero-order chi connectivity index (χ0) is 22.5. The first-order valence-electron chi connectivity index (χ1n) is 10.8. The Hall–Kier alpha value is -2.15. The van der Waals surface area contributed by atoms with Crippen molar-refractivity contribution < 1.29 is 9.59 Å². The number of likely N-dealkylation sites (tertiary alicyclic amines) is 1. The molecule has 0 atom stereocenters. The average molecular weight is 485 g/mol. The topological polar surface area (TPSA) is 40.6 Å². The van der Waals surface area contributed by atoms with Crippen LogP contribution in [0, 0.1) is 5.92 Å². The number of nitrogens with zero attached hydrogens (tertiary/aromatic N) is 2. The van der Waals surface area contributed by atoms with Crippen LogP contribution in [0.3, 0.4) is 0 Å². The Kier molecular flexibility index (Phi) is 7.66. The van der Waals surface area contributed by atoms with Gasteiger partial charge >= 0.3 is 0 Å². The SMILES string of the molecule is O=C(CCN1C(=O)/C(=C\c2ccccc2Cl)SC1=S)N1CCC(Cc2ccccc2)CC1. The number of carbonyl (C=O) groups excluding carboxylic acids is 2. The van der Waals surface area contributed by atoms with Crippen molar-refractivity contribution in [1.82, 2.24) is 9.80 Å². The monoisotopic (exact) mass is 484 g/mol. The van der Waals surface area contributed by atoms with E-state index < -0.39 is 0 Å². The molecule has 4 nitrogen and oxygen atoms in total. The summed E-state index contributed by atoms with van der Waals surface area (Å²) < 4.78 is 0.489. The molecule has 2 aliphatic rings. The summed E-state index contributed by atoms with van der Waals surface area (Å²) in [6.07, 6.45) is 5.15. The van der Waals surface area contributed by atoms with Gasteiger partial charge in [-0.25, -0.2) is 0 Å².